The highest BCUT2D eigenvalue weighted by molar-refractivity contribution is 9.10. The van der Waals surface area contributed by atoms with Crippen LogP contribution in [0.25, 0.3) is 6.08 Å². The molecule has 27 heavy (non-hydrogen) atoms. The normalized spacial score (nSPS) is 11.6. The van der Waals surface area contributed by atoms with Gasteiger partial charge in [-0.05, 0) is 71.0 Å². The van der Waals surface area contributed by atoms with Gasteiger partial charge in [-0.3, -0.25) is 4.79 Å². The first-order valence-electron chi connectivity index (χ1n) is 8.78. The Labute approximate surface area is 168 Å². The summed E-state index contributed by atoms with van der Waals surface area (Å²) in [6, 6.07) is 12.8. The lowest BCUT2D eigenvalue weighted by Gasteiger charge is -2.16. The molecule has 2 aromatic carbocycles. The standard InChI is InChI=1S/C22H23BrN2O2/c1-13(2)19-10-15(11-20(14(3)4)21(19)26)9-16(12-24)22(27)25-18-7-5-17(23)6-8-18/h5-11,13-14,26H,1-4H3,(H,25,27)/b16-9+. The summed E-state index contributed by atoms with van der Waals surface area (Å²) in [4.78, 5) is 12.5. The molecule has 0 aliphatic rings. The molecule has 0 fully saturated rings. The van der Waals surface area contributed by atoms with Gasteiger partial charge in [0.05, 0.1) is 0 Å². The summed E-state index contributed by atoms with van der Waals surface area (Å²) in [6.07, 6.45) is 1.56. The quantitative estimate of drug-likeness (QED) is 0.458. The van der Waals surface area contributed by atoms with Crippen LogP contribution in [0.4, 0.5) is 5.69 Å². The van der Waals surface area contributed by atoms with Crippen molar-refractivity contribution in [2.24, 2.45) is 0 Å². The topological polar surface area (TPSA) is 73.1 Å². The maximum absolute atomic E-state index is 12.5. The zero-order valence-corrected chi connectivity index (χ0v) is 17.5. The van der Waals surface area contributed by atoms with Crippen LogP contribution in [0.1, 0.15) is 56.2 Å². The van der Waals surface area contributed by atoms with Crippen LogP contribution in [0.3, 0.4) is 0 Å². The second kappa shape index (κ2) is 8.88. The number of hydrogen-bond acceptors (Lipinski definition) is 3. The van der Waals surface area contributed by atoms with Gasteiger partial charge in [0.1, 0.15) is 17.4 Å². The first-order valence-corrected chi connectivity index (χ1v) is 9.57. The predicted octanol–water partition coefficient (Wildman–Crippen LogP) is 5.95. The third kappa shape index (κ3) is 5.21. The van der Waals surface area contributed by atoms with Gasteiger partial charge >= 0.3 is 0 Å². The molecular formula is C22H23BrN2O2. The van der Waals surface area contributed by atoms with E-state index in [1.165, 1.54) is 0 Å². The summed E-state index contributed by atoms with van der Waals surface area (Å²) >= 11 is 3.34. The Balaban J connectivity index is 2.40. The smallest absolute Gasteiger partial charge is 0.266 e. The number of phenolic OH excluding ortho intramolecular Hbond substituents is 1. The summed E-state index contributed by atoms with van der Waals surface area (Å²) in [5.74, 6) is 0.0658. The first kappa shape index (κ1) is 20.7. The largest absolute Gasteiger partial charge is 0.507 e. The number of rotatable bonds is 5. The maximum Gasteiger partial charge on any atom is 0.266 e. The van der Waals surface area contributed by atoms with E-state index in [1.807, 2.05) is 58.0 Å². The van der Waals surface area contributed by atoms with Crippen LogP contribution in [-0.2, 0) is 4.79 Å². The van der Waals surface area contributed by atoms with Crippen molar-refractivity contribution in [3.8, 4) is 11.8 Å². The lowest BCUT2D eigenvalue weighted by Crippen LogP contribution is -2.13. The summed E-state index contributed by atoms with van der Waals surface area (Å²) in [7, 11) is 0. The molecule has 4 nitrogen and oxygen atoms in total. The van der Waals surface area contributed by atoms with Crippen LogP contribution in [0.5, 0.6) is 5.75 Å². The Morgan fingerprint density at radius 2 is 1.63 bits per heavy atom. The van der Waals surface area contributed by atoms with E-state index < -0.39 is 5.91 Å². The van der Waals surface area contributed by atoms with Gasteiger partial charge in [-0.15, -0.1) is 0 Å². The van der Waals surface area contributed by atoms with E-state index in [-0.39, 0.29) is 23.2 Å². The molecule has 0 heterocycles. The molecule has 0 saturated heterocycles. The monoisotopic (exact) mass is 426 g/mol. The molecule has 2 N–H and O–H groups in total. The number of halogens is 1. The zero-order valence-electron chi connectivity index (χ0n) is 15.9. The van der Waals surface area contributed by atoms with Crippen LogP contribution in [0.15, 0.2) is 46.4 Å². The van der Waals surface area contributed by atoms with E-state index in [2.05, 4.69) is 21.2 Å². The molecule has 2 rings (SSSR count). The fraction of sp³-hybridized carbons (Fsp3) is 0.273. The van der Waals surface area contributed by atoms with E-state index in [9.17, 15) is 15.2 Å². The number of carbonyl (C=O) groups is 1. The molecular weight excluding hydrogens is 404 g/mol. The van der Waals surface area contributed by atoms with Crippen LogP contribution < -0.4 is 5.32 Å². The highest BCUT2D eigenvalue weighted by Gasteiger charge is 2.16. The third-order valence-electron chi connectivity index (χ3n) is 4.21. The number of carbonyl (C=O) groups excluding carboxylic acids is 1. The number of amides is 1. The average Bonchev–Trinajstić information content (AvgIpc) is 2.62. The predicted molar refractivity (Wildman–Crippen MR) is 113 cm³/mol. The Hall–Kier alpha value is -2.58. The van der Waals surface area contributed by atoms with Gasteiger partial charge in [0.15, 0.2) is 0 Å². The molecule has 0 aromatic heterocycles. The van der Waals surface area contributed by atoms with Crippen molar-refractivity contribution < 1.29 is 9.90 Å². The highest BCUT2D eigenvalue weighted by atomic mass is 79.9. The van der Waals surface area contributed by atoms with Crippen molar-refractivity contribution in [2.75, 3.05) is 5.32 Å². The van der Waals surface area contributed by atoms with Crippen molar-refractivity contribution >= 4 is 33.6 Å². The molecule has 0 atom stereocenters. The maximum atomic E-state index is 12.5. The summed E-state index contributed by atoms with van der Waals surface area (Å²) in [6.45, 7) is 7.99. The fourth-order valence-corrected chi connectivity index (χ4v) is 2.98. The number of anilines is 1. The number of nitrogens with one attached hydrogen (secondary N) is 1. The molecule has 0 spiro atoms. The average molecular weight is 427 g/mol. The summed E-state index contributed by atoms with van der Waals surface area (Å²) < 4.78 is 0.906. The lowest BCUT2D eigenvalue weighted by molar-refractivity contribution is -0.112. The van der Waals surface area contributed by atoms with E-state index >= 15 is 0 Å². The van der Waals surface area contributed by atoms with Gasteiger partial charge in [0.2, 0.25) is 0 Å². The molecule has 0 saturated carbocycles. The second-order valence-electron chi connectivity index (χ2n) is 6.99. The van der Waals surface area contributed by atoms with Crippen molar-refractivity contribution in [1.82, 2.24) is 0 Å². The third-order valence-corrected chi connectivity index (χ3v) is 4.74. The minimum atomic E-state index is -0.468. The van der Waals surface area contributed by atoms with E-state index in [1.54, 1.807) is 18.2 Å². The fourth-order valence-electron chi connectivity index (χ4n) is 2.71. The van der Waals surface area contributed by atoms with Gasteiger partial charge in [-0.2, -0.15) is 5.26 Å². The molecule has 140 valence electrons. The molecule has 0 aliphatic carbocycles. The molecule has 1 amide bonds. The van der Waals surface area contributed by atoms with E-state index in [4.69, 9.17) is 0 Å². The summed E-state index contributed by atoms with van der Waals surface area (Å²) in [5.41, 5.74) is 2.95. The van der Waals surface area contributed by atoms with Crippen molar-refractivity contribution in [1.29, 1.82) is 5.26 Å². The second-order valence-corrected chi connectivity index (χ2v) is 7.90. The van der Waals surface area contributed by atoms with E-state index in [0.717, 1.165) is 21.2 Å². The van der Waals surface area contributed by atoms with Crippen LogP contribution >= 0.6 is 15.9 Å². The minimum absolute atomic E-state index is 0.00743. The van der Waals surface area contributed by atoms with Crippen LogP contribution in [0, 0.1) is 11.3 Å². The Kier molecular flexibility index (Phi) is 6.81. The Morgan fingerprint density at radius 1 is 1.11 bits per heavy atom. The van der Waals surface area contributed by atoms with E-state index in [0.29, 0.717) is 5.69 Å². The molecule has 0 bridgehead atoms. The zero-order chi connectivity index (χ0) is 20.1. The van der Waals surface area contributed by atoms with Gasteiger partial charge in [0.25, 0.3) is 5.91 Å². The van der Waals surface area contributed by atoms with Crippen molar-refractivity contribution in [3.05, 3.63) is 63.1 Å². The Bertz CT molecular complexity index is 878. The molecule has 0 unspecified atom stereocenters. The number of benzene rings is 2. The molecule has 0 radical (unpaired) electrons. The van der Waals surface area contributed by atoms with Gasteiger partial charge in [-0.25, -0.2) is 0 Å². The number of nitriles is 1. The van der Waals surface area contributed by atoms with Gasteiger partial charge in [-0.1, -0.05) is 43.6 Å². The molecule has 2 aromatic rings. The lowest BCUT2D eigenvalue weighted by atomic mass is 9.91. The first-order chi connectivity index (χ1) is 12.7. The SMILES string of the molecule is CC(C)c1cc(/C=C(\C#N)C(=O)Nc2ccc(Br)cc2)cc(C(C)C)c1O. The van der Waals surface area contributed by atoms with Gasteiger partial charge in [0, 0.05) is 10.2 Å². The van der Waals surface area contributed by atoms with Crippen LogP contribution in [0.2, 0.25) is 0 Å². The molecule has 0 aliphatic heterocycles. The van der Waals surface area contributed by atoms with Crippen molar-refractivity contribution in [3.63, 3.8) is 0 Å². The number of aromatic hydroxyl groups is 1. The number of phenols is 1. The van der Waals surface area contributed by atoms with Crippen LogP contribution in [-0.4, -0.2) is 11.0 Å². The molecule has 5 heteroatoms. The summed E-state index contributed by atoms with van der Waals surface area (Å²) in [5, 5.41) is 22.7. The number of hydrogen-bond donors (Lipinski definition) is 2. The number of nitrogens with zero attached hydrogens (tertiary/aromatic N) is 1. The highest BCUT2D eigenvalue weighted by Crippen LogP contribution is 2.35. The van der Waals surface area contributed by atoms with Crippen molar-refractivity contribution in [2.45, 2.75) is 39.5 Å². The minimum Gasteiger partial charge on any atom is -0.507 e. The Morgan fingerprint density at radius 3 is 2.07 bits per heavy atom. The van der Waals surface area contributed by atoms with Gasteiger partial charge < -0.3 is 10.4 Å².